The Morgan fingerprint density at radius 3 is 2.44 bits per heavy atom. The Hall–Kier alpha value is -2.19. The zero-order valence-corrected chi connectivity index (χ0v) is 7.46. The van der Waals surface area contributed by atoms with Crippen LogP contribution in [0.4, 0.5) is 19.0 Å². The molecule has 16 heavy (non-hydrogen) atoms. The van der Waals surface area contributed by atoms with E-state index in [0.717, 1.165) is 0 Å². The third-order valence-corrected chi connectivity index (χ3v) is 1.46. The average molecular weight is 238 g/mol. The second-order valence-corrected chi connectivity index (χ2v) is 2.64. The average Bonchev–Trinajstić information content (AvgIpc) is 2.09. The van der Waals surface area contributed by atoms with E-state index < -0.39 is 35.0 Å². The van der Waals surface area contributed by atoms with Crippen molar-refractivity contribution in [2.75, 3.05) is 5.73 Å². The minimum atomic E-state index is -5.08. The summed E-state index contributed by atoms with van der Waals surface area (Å²) < 4.78 is 38.8. The number of nitrogens with two attached hydrogens (primary N) is 1. The number of nitrogen functional groups attached to an aromatic ring is 1. The molecule has 0 fully saturated rings. The van der Waals surface area contributed by atoms with E-state index in [-0.39, 0.29) is 0 Å². The minimum Gasteiger partial charge on any atom is -0.477 e. The lowest BCUT2D eigenvalue weighted by atomic mass is 10.3. The highest BCUT2D eigenvalue weighted by atomic mass is 19.4. The SMILES string of the molecule is Nc1[nH]c(C(=O)O)cc(=O)c1OC(F)(F)F. The Bertz CT molecular complexity index is 480. The molecular formula is C7H5F3N2O4. The van der Waals surface area contributed by atoms with Crippen LogP contribution in [0, 0.1) is 0 Å². The number of aromatic amines is 1. The van der Waals surface area contributed by atoms with Gasteiger partial charge in [-0.1, -0.05) is 0 Å². The van der Waals surface area contributed by atoms with Gasteiger partial charge in [-0.15, -0.1) is 13.2 Å². The molecule has 0 aliphatic rings. The number of hydrogen-bond acceptors (Lipinski definition) is 4. The summed E-state index contributed by atoms with van der Waals surface area (Å²) in [5, 5.41) is 8.47. The summed E-state index contributed by atoms with van der Waals surface area (Å²) in [5.41, 5.74) is 3.12. The van der Waals surface area contributed by atoms with Gasteiger partial charge < -0.3 is 20.6 Å². The number of H-pyrrole nitrogens is 1. The fourth-order valence-corrected chi connectivity index (χ4v) is 0.904. The number of anilines is 1. The highest BCUT2D eigenvalue weighted by Crippen LogP contribution is 2.23. The van der Waals surface area contributed by atoms with Gasteiger partial charge in [-0.3, -0.25) is 4.79 Å². The number of halogens is 3. The van der Waals surface area contributed by atoms with Gasteiger partial charge in [0.15, 0.2) is 0 Å². The monoisotopic (exact) mass is 238 g/mol. The molecule has 1 aromatic heterocycles. The fraction of sp³-hybridized carbons (Fsp3) is 0.143. The van der Waals surface area contributed by atoms with Gasteiger partial charge in [0.25, 0.3) is 0 Å². The van der Waals surface area contributed by atoms with Crippen LogP contribution in [0.1, 0.15) is 10.5 Å². The van der Waals surface area contributed by atoms with Gasteiger partial charge in [0.05, 0.1) is 0 Å². The molecule has 1 rings (SSSR count). The number of ether oxygens (including phenoxy) is 1. The Morgan fingerprint density at radius 2 is 2.06 bits per heavy atom. The predicted molar refractivity (Wildman–Crippen MR) is 45.1 cm³/mol. The van der Waals surface area contributed by atoms with Crippen molar-refractivity contribution in [2.24, 2.45) is 0 Å². The smallest absolute Gasteiger partial charge is 0.477 e. The van der Waals surface area contributed by atoms with Crippen LogP contribution in [0.25, 0.3) is 0 Å². The number of carbonyl (C=O) groups is 1. The topological polar surface area (TPSA) is 105 Å². The number of pyridine rings is 1. The van der Waals surface area contributed by atoms with E-state index in [2.05, 4.69) is 4.74 Å². The first-order valence-corrected chi connectivity index (χ1v) is 3.72. The number of aromatic carboxylic acids is 1. The van der Waals surface area contributed by atoms with E-state index in [1.54, 1.807) is 0 Å². The van der Waals surface area contributed by atoms with Crippen molar-refractivity contribution < 1.29 is 27.8 Å². The summed E-state index contributed by atoms with van der Waals surface area (Å²) in [6.07, 6.45) is -5.08. The van der Waals surface area contributed by atoms with Crippen LogP contribution in [-0.2, 0) is 0 Å². The van der Waals surface area contributed by atoms with Gasteiger partial charge in [0.1, 0.15) is 11.5 Å². The summed E-state index contributed by atoms with van der Waals surface area (Å²) in [7, 11) is 0. The second-order valence-electron chi connectivity index (χ2n) is 2.64. The fourth-order valence-electron chi connectivity index (χ4n) is 0.904. The molecule has 9 heteroatoms. The molecule has 0 bridgehead atoms. The van der Waals surface area contributed by atoms with E-state index in [9.17, 15) is 22.8 Å². The first-order chi connectivity index (χ1) is 7.20. The van der Waals surface area contributed by atoms with Crippen LogP contribution in [0.5, 0.6) is 5.75 Å². The number of alkyl halides is 3. The molecule has 0 spiro atoms. The molecule has 6 nitrogen and oxygen atoms in total. The van der Waals surface area contributed by atoms with Crippen LogP contribution in [0.3, 0.4) is 0 Å². The number of carboxylic acids is 1. The Morgan fingerprint density at radius 1 is 1.50 bits per heavy atom. The second kappa shape index (κ2) is 3.76. The third-order valence-electron chi connectivity index (χ3n) is 1.46. The molecule has 1 aromatic rings. The number of hydrogen-bond donors (Lipinski definition) is 3. The van der Waals surface area contributed by atoms with Crippen molar-refractivity contribution in [3.63, 3.8) is 0 Å². The molecule has 1 heterocycles. The molecule has 0 unspecified atom stereocenters. The quantitative estimate of drug-likeness (QED) is 0.697. The van der Waals surface area contributed by atoms with Crippen molar-refractivity contribution in [3.8, 4) is 5.75 Å². The first kappa shape index (κ1) is 11.9. The lowest BCUT2D eigenvalue weighted by Crippen LogP contribution is -2.24. The molecule has 4 N–H and O–H groups in total. The maximum absolute atomic E-state index is 11.8. The van der Waals surface area contributed by atoms with E-state index in [0.29, 0.717) is 6.07 Å². The summed E-state index contributed by atoms with van der Waals surface area (Å²) in [6.45, 7) is 0. The van der Waals surface area contributed by atoms with Crippen LogP contribution in [-0.4, -0.2) is 22.4 Å². The van der Waals surface area contributed by atoms with Gasteiger partial charge in [-0.2, -0.15) is 0 Å². The molecule has 0 aliphatic heterocycles. The Labute approximate surface area is 85.4 Å². The largest absolute Gasteiger partial charge is 0.573 e. The van der Waals surface area contributed by atoms with Gasteiger partial charge in [-0.25, -0.2) is 4.79 Å². The van der Waals surface area contributed by atoms with Crippen molar-refractivity contribution >= 4 is 11.8 Å². The molecule has 0 radical (unpaired) electrons. The molecule has 0 amide bonds. The molecule has 0 atom stereocenters. The Balaban J connectivity index is 3.24. The van der Waals surface area contributed by atoms with E-state index >= 15 is 0 Å². The van der Waals surface area contributed by atoms with Gasteiger partial charge in [0, 0.05) is 6.07 Å². The maximum atomic E-state index is 11.8. The Kier molecular flexibility index (Phi) is 2.79. The molecular weight excluding hydrogens is 233 g/mol. The number of rotatable bonds is 2. The normalized spacial score (nSPS) is 11.2. The van der Waals surface area contributed by atoms with Crippen LogP contribution in [0.15, 0.2) is 10.9 Å². The standard InChI is InChI=1S/C7H5F3N2O4/c8-7(9,10)16-4-3(13)1-2(6(14)15)12-5(4)11/h1H,(H,14,15)(H3,11,12,13). The lowest BCUT2D eigenvalue weighted by Gasteiger charge is -2.10. The maximum Gasteiger partial charge on any atom is 0.573 e. The zero-order valence-electron chi connectivity index (χ0n) is 7.46. The van der Waals surface area contributed by atoms with Gasteiger partial charge >= 0.3 is 12.3 Å². The van der Waals surface area contributed by atoms with Crippen molar-refractivity contribution in [2.45, 2.75) is 6.36 Å². The van der Waals surface area contributed by atoms with E-state index in [4.69, 9.17) is 10.8 Å². The molecule has 0 saturated carbocycles. The summed E-state index contributed by atoms with van der Waals surface area (Å²) in [5.74, 6) is -3.51. The third kappa shape index (κ3) is 2.65. The van der Waals surface area contributed by atoms with Crippen LogP contribution in [0.2, 0.25) is 0 Å². The highest BCUT2D eigenvalue weighted by Gasteiger charge is 2.33. The number of carboxylic acid groups (broad SMARTS) is 1. The van der Waals surface area contributed by atoms with Gasteiger partial charge in [-0.05, 0) is 0 Å². The van der Waals surface area contributed by atoms with Crippen molar-refractivity contribution in [1.29, 1.82) is 0 Å². The van der Waals surface area contributed by atoms with Crippen LogP contribution < -0.4 is 15.9 Å². The van der Waals surface area contributed by atoms with E-state index in [1.165, 1.54) is 0 Å². The van der Waals surface area contributed by atoms with Crippen LogP contribution >= 0.6 is 0 Å². The molecule has 0 saturated heterocycles. The first-order valence-electron chi connectivity index (χ1n) is 3.72. The van der Waals surface area contributed by atoms with E-state index in [1.807, 2.05) is 4.98 Å². The minimum absolute atomic E-state index is 0.444. The summed E-state index contributed by atoms with van der Waals surface area (Å²) >= 11 is 0. The molecule has 0 aromatic carbocycles. The predicted octanol–water partition coefficient (Wildman–Crippen LogP) is 0.554. The van der Waals surface area contributed by atoms with Gasteiger partial charge in [0.2, 0.25) is 11.2 Å². The molecule has 88 valence electrons. The lowest BCUT2D eigenvalue weighted by molar-refractivity contribution is -0.274. The summed E-state index contributed by atoms with van der Waals surface area (Å²) in [4.78, 5) is 23.4. The van der Waals surface area contributed by atoms with Crippen molar-refractivity contribution in [3.05, 3.63) is 22.0 Å². The number of nitrogens with one attached hydrogen (secondary N) is 1. The highest BCUT2D eigenvalue weighted by molar-refractivity contribution is 5.86. The summed E-state index contributed by atoms with van der Waals surface area (Å²) in [6, 6.07) is 0.444. The number of aromatic nitrogens is 1. The zero-order chi connectivity index (χ0) is 12.5. The molecule has 0 aliphatic carbocycles. The van der Waals surface area contributed by atoms with Crippen molar-refractivity contribution in [1.82, 2.24) is 4.98 Å².